The van der Waals surface area contributed by atoms with Crippen molar-refractivity contribution in [3.05, 3.63) is 76.9 Å². The van der Waals surface area contributed by atoms with E-state index in [1.54, 1.807) is 16.8 Å². The smallest absolute Gasteiger partial charge is 0.0437 e. The summed E-state index contributed by atoms with van der Waals surface area (Å²) in [7, 11) is 0. The van der Waals surface area contributed by atoms with Gasteiger partial charge in [0.25, 0.3) is 0 Å². The molecular weight excluding hydrogens is 350 g/mol. The van der Waals surface area contributed by atoms with Crippen LogP contribution in [0.15, 0.2) is 54.6 Å². The van der Waals surface area contributed by atoms with Crippen molar-refractivity contribution in [2.45, 2.75) is 39.5 Å². The number of hydrogen-bond acceptors (Lipinski definition) is 1. The van der Waals surface area contributed by atoms with Crippen LogP contribution in [0, 0.1) is 13.8 Å². The highest BCUT2D eigenvalue weighted by molar-refractivity contribution is 6.14. The van der Waals surface area contributed by atoms with Gasteiger partial charge in [-0.3, -0.25) is 0 Å². The molecule has 4 aromatic rings. The van der Waals surface area contributed by atoms with E-state index in [0.717, 1.165) is 0 Å². The van der Waals surface area contributed by atoms with Crippen molar-refractivity contribution >= 4 is 27.2 Å². The number of fused-ring (bicyclic) bond motifs is 2. The van der Waals surface area contributed by atoms with Crippen LogP contribution in [0.1, 0.15) is 35.1 Å². The van der Waals surface area contributed by atoms with Crippen molar-refractivity contribution in [3.8, 4) is 11.1 Å². The highest BCUT2D eigenvalue weighted by atomic mass is 15.1. The Labute approximate surface area is 173 Å². The molecule has 4 aromatic carbocycles. The Morgan fingerprint density at radius 1 is 0.655 bits per heavy atom. The Morgan fingerprint density at radius 2 is 1.17 bits per heavy atom. The van der Waals surface area contributed by atoms with E-state index in [9.17, 15) is 0 Å². The largest absolute Gasteiger partial charge is 0.371 e. The van der Waals surface area contributed by atoms with E-state index in [4.69, 9.17) is 0 Å². The van der Waals surface area contributed by atoms with Crippen LogP contribution < -0.4 is 4.90 Å². The molecule has 0 saturated carbocycles. The van der Waals surface area contributed by atoms with E-state index in [-0.39, 0.29) is 0 Å². The Morgan fingerprint density at radius 3 is 1.72 bits per heavy atom. The maximum absolute atomic E-state index is 2.67. The zero-order valence-electron chi connectivity index (χ0n) is 17.4. The van der Waals surface area contributed by atoms with Gasteiger partial charge in [0.2, 0.25) is 0 Å². The molecule has 0 spiro atoms. The first-order valence-electron chi connectivity index (χ1n) is 11.0. The fraction of sp³-hybridized carbons (Fsp3) is 0.286. The number of hydrogen-bond donors (Lipinski definition) is 0. The summed E-state index contributed by atoms with van der Waals surface area (Å²) < 4.78 is 0. The number of rotatable bonds is 1. The van der Waals surface area contributed by atoms with E-state index < -0.39 is 0 Å². The van der Waals surface area contributed by atoms with Gasteiger partial charge in [-0.2, -0.15) is 0 Å². The summed E-state index contributed by atoms with van der Waals surface area (Å²) >= 11 is 0. The third-order valence-electron chi connectivity index (χ3n) is 7.27. The molecule has 0 aliphatic carbocycles. The standard InChI is InChI=1S/C28H27N/c1-18-22-13-7-15-29-16-8-14-23(28(22)29)19(2)26(18)27-24-11-5-3-9-20(24)17-21-10-4-6-12-25(21)27/h3-6,9-12,17H,7-8,13-16H2,1-2H3. The quantitative estimate of drug-likeness (QED) is 0.324. The summed E-state index contributed by atoms with van der Waals surface area (Å²) in [6, 6.07) is 20.2. The van der Waals surface area contributed by atoms with Gasteiger partial charge in [0, 0.05) is 18.8 Å². The summed E-state index contributed by atoms with van der Waals surface area (Å²) in [5.41, 5.74) is 10.8. The highest BCUT2D eigenvalue weighted by Gasteiger charge is 2.29. The minimum absolute atomic E-state index is 1.22. The topological polar surface area (TPSA) is 3.24 Å². The van der Waals surface area contributed by atoms with Crippen LogP contribution in [0.2, 0.25) is 0 Å². The monoisotopic (exact) mass is 377 g/mol. The van der Waals surface area contributed by atoms with Gasteiger partial charge in [-0.1, -0.05) is 48.5 Å². The van der Waals surface area contributed by atoms with Gasteiger partial charge in [-0.05, 0) is 101 Å². The molecule has 144 valence electrons. The van der Waals surface area contributed by atoms with Crippen molar-refractivity contribution < 1.29 is 0 Å². The number of anilines is 1. The van der Waals surface area contributed by atoms with Crippen LogP contribution in [0.5, 0.6) is 0 Å². The van der Waals surface area contributed by atoms with Crippen molar-refractivity contribution in [1.82, 2.24) is 0 Å². The lowest BCUT2D eigenvalue weighted by Crippen LogP contribution is -2.35. The van der Waals surface area contributed by atoms with E-state index in [1.807, 2.05) is 0 Å². The molecule has 29 heavy (non-hydrogen) atoms. The van der Waals surface area contributed by atoms with Crippen LogP contribution >= 0.6 is 0 Å². The zero-order chi connectivity index (χ0) is 19.5. The molecule has 0 saturated heterocycles. The molecule has 2 aliphatic heterocycles. The first-order valence-corrected chi connectivity index (χ1v) is 11.0. The van der Waals surface area contributed by atoms with Crippen molar-refractivity contribution in [1.29, 1.82) is 0 Å². The fourth-order valence-corrected chi connectivity index (χ4v) is 6.00. The molecule has 1 nitrogen and oxygen atoms in total. The van der Waals surface area contributed by atoms with Crippen LogP contribution in [0.4, 0.5) is 5.69 Å². The normalized spacial score (nSPS) is 15.7. The summed E-state index contributed by atoms with van der Waals surface area (Å²) in [5.74, 6) is 0. The fourth-order valence-electron chi connectivity index (χ4n) is 6.00. The van der Waals surface area contributed by atoms with Gasteiger partial charge in [0.15, 0.2) is 0 Å². The summed E-state index contributed by atoms with van der Waals surface area (Å²) in [5, 5.41) is 5.45. The minimum Gasteiger partial charge on any atom is -0.371 e. The zero-order valence-corrected chi connectivity index (χ0v) is 17.4. The lowest BCUT2D eigenvalue weighted by molar-refractivity contribution is 0.630. The average Bonchev–Trinajstić information content (AvgIpc) is 2.77. The SMILES string of the molecule is Cc1c2c3c(c(C)c1-c1c4ccccc4cc4ccccc14)CCCN3CCC2. The Bertz CT molecular complexity index is 1190. The first kappa shape index (κ1) is 17.1. The molecule has 0 N–H and O–H groups in total. The van der Waals surface area contributed by atoms with Gasteiger partial charge >= 0.3 is 0 Å². The van der Waals surface area contributed by atoms with Crippen LogP contribution in [-0.2, 0) is 12.8 Å². The predicted octanol–water partition coefficient (Wildman–Crippen LogP) is 6.98. The van der Waals surface area contributed by atoms with Crippen molar-refractivity contribution in [3.63, 3.8) is 0 Å². The second-order valence-electron chi connectivity index (χ2n) is 8.82. The second kappa shape index (κ2) is 6.35. The Balaban J connectivity index is 1.79. The molecule has 0 aromatic heterocycles. The minimum atomic E-state index is 1.22. The molecule has 2 aliphatic rings. The van der Waals surface area contributed by atoms with Crippen molar-refractivity contribution in [2.24, 2.45) is 0 Å². The second-order valence-corrected chi connectivity index (χ2v) is 8.82. The van der Waals surface area contributed by atoms with E-state index in [0.29, 0.717) is 0 Å². The molecule has 0 bridgehead atoms. The molecule has 6 rings (SSSR count). The van der Waals surface area contributed by atoms with Gasteiger partial charge < -0.3 is 4.90 Å². The van der Waals surface area contributed by atoms with Gasteiger partial charge in [-0.15, -0.1) is 0 Å². The number of nitrogens with zero attached hydrogens (tertiary/aromatic N) is 1. The molecule has 0 atom stereocenters. The Kier molecular flexibility index (Phi) is 3.74. The molecule has 2 heterocycles. The molecule has 0 radical (unpaired) electrons. The molecule has 0 fully saturated rings. The van der Waals surface area contributed by atoms with E-state index >= 15 is 0 Å². The summed E-state index contributed by atoms with van der Waals surface area (Å²) in [6.45, 7) is 7.23. The molecule has 1 heteroatoms. The molecule has 0 amide bonds. The number of benzene rings is 4. The van der Waals surface area contributed by atoms with Gasteiger partial charge in [0.1, 0.15) is 0 Å². The lowest BCUT2D eigenvalue weighted by atomic mass is 9.79. The molecule has 0 unspecified atom stereocenters. The third kappa shape index (κ3) is 2.40. The molecular formula is C28H27N. The third-order valence-corrected chi connectivity index (χ3v) is 7.27. The maximum Gasteiger partial charge on any atom is 0.0437 e. The maximum atomic E-state index is 2.67. The van der Waals surface area contributed by atoms with E-state index in [2.05, 4.69) is 73.3 Å². The van der Waals surface area contributed by atoms with Gasteiger partial charge in [-0.25, -0.2) is 0 Å². The van der Waals surface area contributed by atoms with Crippen LogP contribution in [-0.4, -0.2) is 13.1 Å². The van der Waals surface area contributed by atoms with E-state index in [1.165, 1.54) is 82.6 Å². The summed E-state index contributed by atoms with van der Waals surface area (Å²) in [6.07, 6.45) is 5.01. The lowest BCUT2D eigenvalue weighted by Gasteiger charge is -2.39. The van der Waals surface area contributed by atoms with Gasteiger partial charge in [0.05, 0.1) is 0 Å². The van der Waals surface area contributed by atoms with Crippen LogP contribution in [0.3, 0.4) is 0 Å². The summed E-state index contributed by atoms with van der Waals surface area (Å²) in [4.78, 5) is 2.67. The Hall–Kier alpha value is -2.80. The van der Waals surface area contributed by atoms with Crippen LogP contribution in [0.25, 0.3) is 32.7 Å². The first-order chi connectivity index (χ1) is 14.2. The highest BCUT2D eigenvalue weighted by Crippen LogP contribution is 2.47. The average molecular weight is 378 g/mol. The van der Waals surface area contributed by atoms with Crippen molar-refractivity contribution in [2.75, 3.05) is 18.0 Å². The predicted molar refractivity (Wildman–Crippen MR) is 125 cm³/mol.